The molecule has 0 radical (unpaired) electrons. The first-order valence-corrected chi connectivity index (χ1v) is 15.0. The highest BCUT2D eigenvalue weighted by atomic mass is 15.4. The molecule has 0 saturated carbocycles. The quantitative estimate of drug-likeness (QED) is 0.205. The Morgan fingerprint density at radius 2 is 1.39 bits per heavy atom. The summed E-state index contributed by atoms with van der Waals surface area (Å²) in [5.41, 5.74) is 9.05. The minimum atomic E-state index is -2.23. The number of benzene rings is 5. The van der Waals surface area contributed by atoms with E-state index in [0.717, 1.165) is 50.6 Å². The first kappa shape index (κ1) is 23.1. The van der Waals surface area contributed by atoms with Gasteiger partial charge in [-0.15, -0.1) is 0 Å². The largest absolute Gasteiger partial charge is 0.355 e. The summed E-state index contributed by atoms with van der Waals surface area (Å²) in [6, 6.07) is 46.2. The van der Waals surface area contributed by atoms with Crippen molar-refractivity contribution in [2.75, 3.05) is 23.4 Å². The summed E-state index contributed by atoms with van der Waals surface area (Å²) < 4.78 is 26.7. The van der Waals surface area contributed by atoms with Gasteiger partial charge in [0.2, 0.25) is 0 Å². The van der Waals surface area contributed by atoms with Crippen molar-refractivity contribution in [3.8, 4) is 16.9 Å². The van der Waals surface area contributed by atoms with Gasteiger partial charge in [-0.2, -0.15) is 0 Å². The van der Waals surface area contributed by atoms with Crippen LogP contribution in [-0.4, -0.2) is 23.2 Å². The Balaban J connectivity index is 1.23. The maximum atomic E-state index is 8.13. The van der Waals surface area contributed by atoms with Crippen molar-refractivity contribution in [1.29, 1.82) is 0 Å². The first-order valence-electron chi connectivity index (χ1n) is 16.5. The molecule has 0 saturated heterocycles. The number of hydrogen-bond donors (Lipinski definition) is 0. The molecular weight excluding hydrogens is 536 g/mol. The normalized spacial score (nSPS) is 14.5. The highest BCUT2D eigenvalue weighted by molar-refractivity contribution is 6.09. The van der Waals surface area contributed by atoms with E-state index in [2.05, 4.69) is 126 Å². The number of para-hydroxylation sites is 3. The summed E-state index contributed by atoms with van der Waals surface area (Å²) in [6.07, 6.45) is 1.89. The lowest BCUT2D eigenvalue weighted by molar-refractivity contribution is 0.641. The van der Waals surface area contributed by atoms with Crippen molar-refractivity contribution < 1.29 is 4.11 Å². The second kappa shape index (κ2) is 10.1. The smallest absolute Gasteiger partial charge is 0.138 e. The molecule has 4 nitrogen and oxygen atoms in total. The molecule has 3 heterocycles. The van der Waals surface area contributed by atoms with Gasteiger partial charge in [-0.1, -0.05) is 98.8 Å². The van der Waals surface area contributed by atoms with Crippen molar-refractivity contribution in [2.24, 2.45) is 0 Å². The van der Waals surface area contributed by atoms with Crippen LogP contribution in [0.5, 0.6) is 0 Å². The predicted molar refractivity (Wildman–Crippen MR) is 184 cm³/mol. The van der Waals surface area contributed by atoms with Gasteiger partial charge in [0, 0.05) is 39.2 Å². The number of aromatic nitrogens is 2. The molecule has 1 aliphatic heterocycles. The molecule has 0 N–H and O–H groups in total. The molecule has 4 heteroatoms. The third kappa shape index (κ3) is 4.17. The van der Waals surface area contributed by atoms with Crippen LogP contribution in [0.15, 0.2) is 140 Å². The van der Waals surface area contributed by atoms with Crippen LogP contribution >= 0.6 is 0 Å². The van der Waals surface area contributed by atoms with E-state index in [0.29, 0.717) is 0 Å². The molecule has 44 heavy (non-hydrogen) atoms. The van der Waals surface area contributed by atoms with Crippen molar-refractivity contribution in [3.05, 3.63) is 151 Å². The molecule has 0 fully saturated rings. The second-order valence-electron chi connectivity index (χ2n) is 12.0. The predicted octanol–water partition coefficient (Wildman–Crippen LogP) is 9.72. The summed E-state index contributed by atoms with van der Waals surface area (Å²) in [6.45, 7) is 2.54. The van der Waals surface area contributed by atoms with Crippen molar-refractivity contribution in [2.45, 2.75) is 19.3 Å². The standard InChI is InChI=1S/C40H34N4/c1-40(2,30-14-11-15-32(25-30)43-27-42(3)36-18-9-10-19-37(36)43)31-20-21-34-33-16-7-8-17-35(33)44(38(34)26-31)39-24-29(22-23-41-39)28-12-5-4-6-13-28/h4-26H,27H2,1-3H3/i3D3. The lowest BCUT2D eigenvalue weighted by atomic mass is 9.77. The van der Waals surface area contributed by atoms with E-state index in [1.54, 1.807) is 0 Å². The zero-order chi connectivity index (χ0) is 32.3. The van der Waals surface area contributed by atoms with Gasteiger partial charge in [0.15, 0.2) is 0 Å². The SMILES string of the molecule is [2H]C([2H])([2H])N1CN(c2cccc(C(C)(C)c3ccc4c5ccccc5n(-c5cc(-c6ccccc6)ccn5)c4c3)c2)c2ccccc21. The van der Waals surface area contributed by atoms with Crippen molar-refractivity contribution >= 4 is 38.9 Å². The zero-order valence-electron chi connectivity index (χ0n) is 27.8. The van der Waals surface area contributed by atoms with Crippen LogP contribution in [0, 0.1) is 0 Å². The molecule has 8 rings (SSSR count). The van der Waals surface area contributed by atoms with Crippen LogP contribution in [-0.2, 0) is 5.41 Å². The van der Waals surface area contributed by atoms with E-state index in [1.807, 2.05) is 36.5 Å². The van der Waals surface area contributed by atoms with E-state index in [9.17, 15) is 0 Å². The summed E-state index contributed by atoms with van der Waals surface area (Å²) in [5, 5.41) is 2.37. The van der Waals surface area contributed by atoms with Crippen LogP contribution in [0.4, 0.5) is 17.1 Å². The number of hydrogen-bond acceptors (Lipinski definition) is 3. The minimum Gasteiger partial charge on any atom is -0.355 e. The highest BCUT2D eigenvalue weighted by Crippen LogP contribution is 2.42. The molecule has 214 valence electrons. The summed E-state index contributed by atoms with van der Waals surface area (Å²) in [7, 11) is 0. The third-order valence-electron chi connectivity index (χ3n) is 9.10. The topological polar surface area (TPSA) is 24.3 Å². The molecule has 0 unspecified atom stereocenters. The van der Waals surface area contributed by atoms with Crippen LogP contribution in [0.25, 0.3) is 38.8 Å². The number of nitrogens with zero attached hydrogens (tertiary/aromatic N) is 4. The molecule has 1 aliphatic rings. The molecule has 0 amide bonds. The molecule has 7 aromatic rings. The summed E-state index contributed by atoms with van der Waals surface area (Å²) in [5.74, 6) is 0.876. The van der Waals surface area contributed by atoms with E-state index in [4.69, 9.17) is 9.10 Å². The van der Waals surface area contributed by atoms with Gasteiger partial charge in [0.1, 0.15) is 5.82 Å². The van der Waals surface area contributed by atoms with Crippen LogP contribution < -0.4 is 9.80 Å². The number of rotatable bonds is 5. The lowest BCUT2D eigenvalue weighted by Crippen LogP contribution is -2.25. The highest BCUT2D eigenvalue weighted by Gasteiger charge is 2.28. The Kier molecular flexibility index (Phi) is 5.33. The van der Waals surface area contributed by atoms with Gasteiger partial charge >= 0.3 is 0 Å². The van der Waals surface area contributed by atoms with Crippen LogP contribution in [0.1, 0.15) is 29.1 Å². The van der Waals surface area contributed by atoms with Gasteiger partial charge < -0.3 is 9.80 Å². The molecule has 2 aromatic heterocycles. The fraction of sp³-hybridized carbons (Fsp3) is 0.125. The van der Waals surface area contributed by atoms with E-state index in [1.165, 1.54) is 21.2 Å². The average Bonchev–Trinajstić information content (AvgIpc) is 3.65. The maximum absolute atomic E-state index is 8.13. The fourth-order valence-corrected chi connectivity index (χ4v) is 6.62. The van der Waals surface area contributed by atoms with Gasteiger partial charge in [-0.3, -0.25) is 4.57 Å². The molecular formula is C40H34N4. The number of fused-ring (bicyclic) bond motifs is 4. The van der Waals surface area contributed by atoms with Gasteiger partial charge in [-0.25, -0.2) is 4.98 Å². The van der Waals surface area contributed by atoms with Crippen molar-refractivity contribution in [1.82, 2.24) is 9.55 Å². The van der Waals surface area contributed by atoms with Gasteiger partial charge in [0.25, 0.3) is 0 Å². The van der Waals surface area contributed by atoms with Crippen molar-refractivity contribution in [3.63, 3.8) is 0 Å². The summed E-state index contributed by atoms with van der Waals surface area (Å²) >= 11 is 0. The van der Waals surface area contributed by atoms with E-state index >= 15 is 0 Å². The Morgan fingerprint density at radius 3 is 2.25 bits per heavy atom. The molecule has 0 spiro atoms. The lowest BCUT2D eigenvalue weighted by Gasteiger charge is -2.28. The average molecular weight is 574 g/mol. The van der Waals surface area contributed by atoms with E-state index < -0.39 is 6.98 Å². The van der Waals surface area contributed by atoms with Gasteiger partial charge in [-0.05, 0) is 70.8 Å². The Hall–Kier alpha value is -5.35. The molecule has 0 bridgehead atoms. The summed E-state index contributed by atoms with van der Waals surface area (Å²) in [4.78, 5) is 8.45. The minimum absolute atomic E-state index is 0.265. The first-order chi connectivity index (χ1) is 22.7. The number of pyridine rings is 1. The number of anilines is 3. The van der Waals surface area contributed by atoms with Crippen LogP contribution in [0.3, 0.4) is 0 Å². The Labute approximate surface area is 262 Å². The maximum Gasteiger partial charge on any atom is 0.138 e. The zero-order valence-corrected chi connectivity index (χ0v) is 24.8. The van der Waals surface area contributed by atoms with Gasteiger partial charge in [0.05, 0.1) is 29.1 Å². The fourth-order valence-electron chi connectivity index (χ4n) is 6.62. The molecule has 0 atom stereocenters. The Bertz CT molecular complexity index is 2270. The second-order valence-corrected chi connectivity index (χ2v) is 12.0. The molecule has 0 aliphatic carbocycles. The molecule has 5 aromatic carbocycles. The third-order valence-corrected chi connectivity index (χ3v) is 9.10. The van der Waals surface area contributed by atoms with Crippen LogP contribution in [0.2, 0.25) is 0 Å². The Morgan fingerprint density at radius 1 is 0.636 bits per heavy atom. The monoisotopic (exact) mass is 573 g/mol. The van der Waals surface area contributed by atoms with E-state index in [-0.39, 0.29) is 12.1 Å².